The lowest BCUT2D eigenvalue weighted by Gasteiger charge is -2.21. The summed E-state index contributed by atoms with van der Waals surface area (Å²) in [4.78, 5) is 10.6. The van der Waals surface area contributed by atoms with Gasteiger partial charge in [0.1, 0.15) is 0 Å². The van der Waals surface area contributed by atoms with Crippen LogP contribution in [0.4, 0.5) is 0 Å². The second-order valence-corrected chi connectivity index (χ2v) is 3.36. The third kappa shape index (κ3) is 6.40. The van der Waals surface area contributed by atoms with Gasteiger partial charge in [-0.3, -0.25) is 4.79 Å². The Bertz CT molecular complexity index is 187. The highest BCUT2D eigenvalue weighted by atomic mass is 16.6. The summed E-state index contributed by atoms with van der Waals surface area (Å²) in [6.07, 6.45) is -2.09. The molecule has 0 spiro atoms. The minimum absolute atomic E-state index is 0.115. The number of nitrogens with two attached hydrogens (primary N) is 1. The molecular weight excluding hydrogens is 202 g/mol. The summed E-state index contributed by atoms with van der Waals surface area (Å²) in [7, 11) is 0. The molecule has 0 aliphatic rings. The summed E-state index contributed by atoms with van der Waals surface area (Å²) in [5.74, 6) is -0.563. The van der Waals surface area contributed by atoms with Crippen LogP contribution in [0.5, 0.6) is 0 Å². The lowest BCUT2D eigenvalue weighted by molar-refractivity contribution is -0.155. The van der Waals surface area contributed by atoms with Gasteiger partial charge in [-0.1, -0.05) is 0 Å². The van der Waals surface area contributed by atoms with Crippen molar-refractivity contribution in [2.75, 3.05) is 13.2 Å². The second kappa shape index (κ2) is 7.58. The van der Waals surface area contributed by atoms with E-state index in [-0.39, 0.29) is 13.0 Å². The van der Waals surface area contributed by atoms with Gasteiger partial charge in [0.25, 0.3) is 0 Å². The van der Waals surface area contributed by atoms with Crippen LogP contribution in [-0.4, -0.2) is 52.8 Å². The lowest BCUT2D eigenvalue weighted by Crippen LogP contribution is -2.35. The van der Waals surface area contributed by atoms with Crippen LogP contribution >= 0.6 is 0 Å². The fraction of sp³-hybridized carbons (Fsp3) is 0.889. The zero-order chi connectivity index (χ0) is 11.8. The Morgan fingerprint density at radius 1 is 1.40 bits per heavy atom. The Morgan fingerprint density at radius 2 is 2.00 bits per heavy atom. The first-order chi connectivity index (χ1) is 7.01. The van der Waals surface area contributed by atoms with Gasteiger partial charge in [-0.25, -0.2) is 0 Å². The fourth-order valence-corrected chi connectivity index (χ4v) is 1.12. The monoisotopic (exact) mass is 221 g/mol. The van der Waals surface area contributed by atoms with Crippen molar-refractivity contribution in [3.05, 3.63) is 0 Å². The van der Waals surface area contributed by atoms with E-state index in [1.807, 2.05) is 0 Å². The molecular formula is C9H19NO5. The van der Waals surface area contributed by atoms with Crippen molar-refractivity contribution in [2.24, 2.45) is 5.73 Å². The number of ether oxygens (including phenoxy) is 1. The lowest BCUT2D eigenvalue weighted by atomic mass is 10.1. The number of rotatable bonds is 7. The van der Waals surface area contributed by atoms with Crippen molar-refractivity contribution in [1.29, 1.82) is 0 Å². The summed E-state index contributed by atoms with van der Waals surface area (Å²) < 4.78 is 4.68. The maximum absolute atomic E-state index is 10.6. The molecule has 0 aromatic heterocycles. The molecule has 0 aromatic rings. The van der Waals surface area contributed by atoms with Crippen molar-refractivity contribution in [2.45, 2.75) is 38.1 Å². The highest BCUT2D eigenvalue weighted by Crippen LogP contribution is 2.08. The molecule has 0 unspecified atom stereocenters. The van der Waals surface area contributed by atoms with Gasteiger partial charge in [-0.15, -0.1) is 0 Å². The molecule has 0 rings (SSSR count). The van der Waals surface area contributed by atoms with Gasteiger partial charge >= 0.3 is 5.97 Å². The topological polar surface area (TPSA) is 113 Å². The predicted molar refractivity (Wildman–Crippen MR) is 52.9 cm³/mol. The maximum Gasteiger partial charge on any atom is 0.303 e. The Hall–Kier alpha value is -0.690. The first-order valence-corrected chi connectivity index (χ1v) is 4.85. The van der Waals surface area contributed by atoms with E-state index in [4.69, 9.17) is 15.9 Å². The van der Waals surface area contributed by atoms with E-state index in [9.17, 15) is 9.90 Å². The van der Waals surface area contributed by atoms with Gasteiger partial charge in [0.2, 0.25) is 0 Å². The standard InChI is InChI=1S/C9H19NO5/c1-6(12)15-9(5-11)8(14)3-2-7(13)4-10/h7-9,11,13-14H,2-5,10H2,1H3/t7-,8-,9+/m0/s1. The summed E-state index contributed by atoms with van der Waals surface area (Å²) in [5, 5.41) is 27.5. The minimum atomic E-state index is -0.986. The van der Waals surface area contributed by atoms with Crippen LogP contribution in [-0.2, 0) is 9.53 Å². The van der Waals surface area contributed by atoms with Crippen molar-refractivity contribution in [3.8, 4) is 0 Å². The Balaban J connectivity index is 3.92. The van der Waals surface area contributed by atoms with Gasteiger partial charge in [0.05, 0.1) is 18.8 Å². The van der Waals surface area contributed by atoms with Crippen LogP contribution in [0.15, 0.2) is 0 Å². The zero-order valence-electron chi connectivity index (χ0n) is 8.80. The van der Waals surface area contributed by atoms with Crippen molar-refractivity contribution < 1.29 is 24.9 Å². The largest absolute Gasteiger partial charge is 0.457 e. The van der Waals surface area contributed by atoms with Gasteiger partial charge in [0.15, 0.2) is 6.10 Å². The number of esters is 1. The molecule has 90 valence electrons. The number of carbonyl (C=O) groups excluding carboxylic acids is 1. The van der Waals surface area contributed by atoms with Crippen molar-refractivity contribution in [1.82, 2.24) is 0 Å². The normalized spacial score (nSPS) is 16.9. The van der Waals surface area contributed by atoms with Crippen LogP contribution < -0.4 is 5.73 Å². The summed E-state index contributed by atoms with van der Waals surface area (Å²) >= 11 is 0. The number of hydrogen-bond donors (Lipinski definition) is 4. The molecule has 5 N–H and O–H groups in total. The number of carbonyl (C=O) groups is 1. The number of hydrogen-bond acceptors (Lipinski definition) is 6. The molecule has 0 amide bonds. The molecule has 0 saturated carbocycles. The van der Waals surface area contributed by atoms with Gasteiger partial charge in [0, 0.05) is 13.5 Å². The average molecular weight is 221 g/mol. The van der Waals surface area contributed by atoms with Crippen LogP contribution in [0.3, 0.4) is 0 Å². The molecule has 0 bridgehead atoms. The van der Waals surface area contributed by atoms with Crippen LogP contribution in [0.25, 0.3) is 0 Å². The third-order valence-electron chi connectivity index (χ3n) is 1.99. The van der Waals surface area contributed by atoms with E-state index in [0.29, 0.717) is 6.42 Å². The van der Waals surface area contributed by atoms with Gasteiger partial charge in [-0.05, 0) is 12.8 Å². The second-order valence-electron chi connectivity index (χ2n) is 3.36. The van der Waals surface area contributed by atoms with Crippen LogP contribution in [0.1, 0.15) is 19.8 Å². The molecule has 0 aliphatic heterocycles. The smallest absolute Gasteiger partial charge is 0.303 e. The molecule has 0 saturated heterocycles. The zero-order valence-corrected chi connectivity index (χ0v) is 8.80. The molecule has 0 aromatic carbocycles. The SMILES string of the molecule is CC(=O)O[C@H](CO)[C@@H](O)CC[C@H](O)CN. The third-order valence-corrected chi connectivity index (χ3v) is 1.99. The number of aliphatic hydroxyl groups is 3. The van der Waals surface area contributed by atoms with Crippen LogP contribution in [0.2, 0.25) is 0 Å². The first kappa shape index (κ1) is 14.3. The van der Waals surface area contributed by atoms with Crippen molar-refractivity contribution >= 4 is 5.97 Å². The Morgan fingerprint density at radius 3 is 2.40 bits per heavy atom. The molecule has 6 heteroatoms. The van der Waals surface area contributed by atoms with E-state index in [0.717, 1.165) is 0 Å². The minimum Gasteiger partial charge on any atom is -0.457 e. The summed E-state index contributed by atoms with van der Waals surface area (Å²) in [6.45, 7) is 0.869. The molecule has 3 atom stereocenters. The van der Waals surface area contributed by atoms with E-state index in [2.05, 4.69) is 4.74 Å². The van der Waals surface area contributed by atoms with Crippen LogP contribution in [0, 0.1) is 0 Å². The van der Waals surface area contributed by atoms with E-state index in [1.165, 1.54) is 6.92 Å². The first-order valence-electron chi connectivity index (χ1n) is 4.85. The van der Waals surface area contributed by atoms with E-state index >= 15 is 0 Å². The maximum atomic E-state index is 10.6. The van der Waals surface area contributed by atoms with E-state index < -0.39 is 30.9 Å². The Labute approximate surface area is 88.7 Å². The molecule has 0 heterocycles. The number of aliphatic hydroxyl groups excluding tert-OH is 3. The quantitative estimate of drug-likeness (QED) is 0.384. The molecule has 0 aliphatic carbocycles. The van der Waals surface area contributed by atoms with Crippen molar-refractivity contribution in [3.63, 3.8) is 0 Å². The van der Waals surface area contributed by atoms with Gasteiger partial charge < -0.3 is 25.8 Å². The molecule has 6 nitrogen and oxygen atoms in total. The highest BCUT2D eigenvalue weighted by Gasteiger charge is 2.21. The highest BCUT2D eigenvalue weighted by molar-refractivity contribution is 5.66. The van der Waals surface area contributed by atoms with E-state index in [1.54, 1.807) is 0 Å². The van der Waals surface area contributed by atoms with Gasteiger partial charge in [-0.2, -0.15) is 0 Å². The predicted octanol–water partition coefficient (Wildman–Crippen LogP) is -1.63. The average Bonchev–Trinajstić information content (AvgIpc) is 2.21. The summed E-state index contributed by atoms with van der Waals surface area (Å²) in [5.41, 5.74) is 5.18. The molecule has 0 fully saturated rings. The fourth-order valence-electron chi connectivity index (χ4n) is 1.12. The Kier molecular flexibility index (Phi) is 7.23. The summed E-state index contributed by atoms with van der Waals surface area (Å²) in [6, 6.07) is 0. The molecule has 0 radical (unpaired) electrons. The molecule has 15 heavy (non-hydrogen) atoms.